The van der Waals surface area contributed by atoms with Gasteiger partial charge >= 0.3 is 0 Å². The van der Waals surface area contributed by atoms with Crippen molar-refractivity contribution in [3.05, 3.63) is 69.8 Å². The number of aryl methyl sites for hydroxylation is 2. The minimum absolute atomic E-state index is 0.243. The molecule has 1 fully saturated rings. The first kappa shape index (κ1) is 29.0. The van der Waals surface area contributed by atoms with Crippen LogP contribution in [-0.4, -0.2) is 72.9 Å². The van der Waals surface area contributed by atoms with E-state index in [9.17, 15) is 19.2 Å². The van der Waals surface area contributed by atoms with Gasteiger partial charge in [-0.15, -0.1) is 0 Å². The van der Waals surface area contributed by atoms with E-state index in [1.165, 1.54) is 16.8 Å². The van der Waals surface area contributed by atoms with Gasteiger partial charge in [-0.2, -0.15) is 0 Å². The van der Waals surface area contributed by atoms with Gasteiger partial charge in [0.05, 0.1) is 13.2 Å². The zero-order valence-corrected chi connectivity index (χ0v) is 26.5. The summed E-state index contributed by atoms with van der Waals surface area (Å²) < 4.78 is 10.8. The van der Waals surface area contributed by atoms with Crippen molar-refractivity contribution in [3.8, 4) is 0 Å². The van der Waals surface area contributed by atoms with Crippen molar-refractivity contribution in [2.45, 2.75) is 58.5 Å². The molecule has 3 aliphatic heterocycles. The standard InChI is InChI=1S/C38H36N2O6/c1-20-16-27-31-25(35(41)39(3)36(27)42)12-10-23-30-21(2)17-28-32-26(13-11-24(34(30)32)29(20)33(23)31)37(43)40(38(28)44)14-8-6-4-5-7-9-15-45-18-22-19-46-22/h10-13,16-17,22H,4-9,14-15,18-19H2,1-3H3. The van der Waals surface area contributed by atoms with Crippen LogP contribution in [0.15, 0.2) is 36.4 Å². The maximum absolute atomic E-state index is 14.0. The van der Waals surface area contributed by atoms with E-state index in [0.29, 0.717) is 52.3 Å². The second-order valence-electron chi connectivity index (χ2n) is 13.1. The summed E-state index contributed by atoms with van der Waals surface area (Å²) in [7, 11) is 1.52. The van der Waals surface area contributed by atoms with E-state index in [2.05, 4.69) is 0 Å². The summed E-state index contributed by atoms with van der Waals surface area (Å²) in [6.07, 6.45) is 6.34. The summed E-state index contributed by atoms with van der Waals surface area (Å²) in [6.45, 7) is 6.67. The van der Waals surface area contributed by atoms with Crippen molar-refractivity contribution in [3.63, 3.8) is 0 Å². The molecule has 5 aromatic carbocycles. The molecular weight excluding hydrogens is 580 g/mol. The van der Waals surface area contributed by atoms with Crippen LogP contribution in [0.2, 0.25) is 0 Å². The van der Waals surface area contributed by atoms with Gasteiger partial charge in [-0.05, 0) is 94.4 Å². The highest BCUT2D eigenvalue weighted by molar-refractivity contribution is 6.42. The lowest BCUT2D eigenvalue weighted by atomic mass is 9.79. The van der Waals surface area contributed by atoms with Crippen LogP contribution in [0.5, 0.6) is 0 Å². The Morgan fingerprint density at radius 2 is 1.15 bits per heavy atom. The van der Waals surface area contributed by atoms with Crippen LogP contribution < -0.4 is 0 Å². The molecule has 0 radical (unpaired) electrons. The minimum Gasteiger partial charge on any atom is -0.379 e. The van der Waals surface area contributed by atoms with Gasteiger partial charge in [0, 0.05) is 53.2 Å². The predicted molar refractivity (Wildman–Crippen MR) is 177 cm³/mol. The van der Waals surface area contributed by atoms with E-state index in [0.717, 1.165) is 95.2 Å². The Hall–Kier alpha value is -4.40. The van der Waals surface area contributed by atoms with Crippen LogP contribution in [0, 0.1) is 13.8 Å². The third-order valence-corrected chi connectivity index (χ3v) is 10.1. The summed E-state index contributed by atoms with van der Waals surface area (Å²) in [4.78, 5) is 56.9. The van der Waals surface area contributed by atoms with Crippen molar-refractivity contribution in [1.29, 1.82) is 0 Å². The van der Waals surface area contributed by atoms with Gasteiger partial charge in [-0.25, -0.2) is 0 Å². The fraction of sp³-hybridized carbons (Fsp3) is 0.368. The molecule has 234 valence electrons. The Kier molecular flexibility index (Phi) is 6.85. The zero-order chi connectivity index (χ0) is 31.9. The molecular formula is C38H36N2O6. The zero-order valence-electron chi connectivity index (χ0n) is 26.5. The average Bonchev–Trinajstić information content (AvgIpc) is 3.88. The van der Waals surface area contributed by atoms with Crippen LogP contribution in [0.4, 0.5) is 0 Å². The Bertz CT molecular complexity index is 2150. The quantitative estimate of drug-likeness (QED) is 0.0525. The van der Waals surface area contributed by atoms with Gasteiger partial charge < -0.3 is 9.47 Å². The van der Waals surface area contributed by atoms with Gasteiger partial charge in [0.15, 0.2) is 0 Å². The smallest absolute Gasteiger partial charge is 0.261 e. The van der Waals surface area contributed by atoms with E-state index in [1.807, 2.05) is 50.2 Å². The third-order valence-electron chi connectivity index (χ3n) is 10.1. The molecule has 8 heteroatoms. The Labute approximate surface area is 266 Å². The second kappa shape index (κ2) is 10.9. The fourth-order valence-electron chi connectivity index (χ4n) is 7.80. The lowest BCUT2D eigenvalue weighted by Crippen LogP contribution is -2.41. The van der Waals surface area contributed by atoms with E-state index in [4.69, 9.17) is 9.47 Å². The average molecular weight is 617 g/mol. The van der Waals surface area contributed by atoms with E-state index in [-0.39, 0.29) is 23.6 Å². The highest BCUT2D eigenvalue weighted by Gasteiger charge is 2.36. The van der Waals surface area contributed by atoms with Crippen LogP contribution >= 0.6 is 0 Å². The number of imide groups is 2. The first-order valence-corrected chi connectivity index (χ1v) is 16.4. The predicted octanol–water partition coefficient (Wildman–Crippen LogP) is 6.93. The van der Waals surface area contributed by atoms with Gasteiger partial charge in [-0.1, -0.05) is 37.8 Å². The number of unbranched alkanes of at least 4 members (excludes halogenated alkanes) is 5. The molecule has 0 aliphatic carbocycles. The molecule has 0 bridgehead atoms. The molecule has 1 saturated heterocycles. The minimum atomic E-state index is -0.312. The molecule has 5 aromatic rings. The molecule has 46 heavy (non-hydrogen) atoms. The van der Waals surface area contributed by atoms with Gasteiger partial charge in [-0.3, -0.25) is 29.0 Å². The first-order valence-electron chi connectivity index (χ1n) is 16.4. The summed E-state index contributed by atoms with van der Waals surface area (Å²) in [5.41, 5.74) is 3.98. The molecule has 0 saturated carbocycles. The SMILES string of the molecule is Cc1cc2c3c(ccc4c5c(C)cc6c7c(ccc(c1c34)c75)C(=O)N(CCCCCCCCOCC1CO1)C6=O)C(=O)N(C)C2=O. The molecule has 3 aliphatic rings. The summed E-state index contributed by atoms with van der Waals surface area (Å²) in [6, 6.07) is 11.4. The molecule has 8 rings (SSSR count). The monoisotopic (exact) mass is 616 g/mol. The molecule has 1 unspecified atom stereocenters. The number of carbonyl (C=O) groups is 4. The highest BCUT2D eigenvalue weighted by atomic mass is 16.6. The van der Waals surface area contributed by atoms with Crippen molar-refractivity contribution in [2.75, 3.05) is 33.4 Å². The van der Waals surface area contributed by atoms with E-state index in [1.54, 1.807) is 0 Å². The van der Waals surface area contributed by atoms with Crippen molar-refractivity contribution >= 4 is 66.7 Å². The van der Waals surface area contributed by atoms with Crippen molar-refractivity contribution in [1.82, 2.24) is 9.80 Å². The molecule has 3 heterocycles. The normalized spacial score (nSPS) is 17.6. The third kappa shape index (κ3) is 4.27. The number of fused-ring (bicyclic) bond motifs is 2. The van der Waals surface area contributed by atoms with Crippen LogP contribution in [0.3, 0.4) is 0 Å². The van der Waals surface area contributed by atoms with Crippen LogP contribution in [0.25, 0.3) is 43.1 Å². The van der Waals surface area contributed by atoms with E-state index < -0.39 is 0 Å². The van der Waals surface area contributed by atoms with E-state index >= 15 is 0 Å². The first-order chi connectivity index (χ1) is 22.3. The Morgan fingerprint density at radius 3 is 1.76 bits per heavy atom. The lowest BCUT2D eigenvalue weighted by molar-refractivity contribution is 0.0602. The van der Waals surface area contributed by atoms with Gasteiger partial charge in [0.1, 0.15) is 6.10 Å². The number of ether oxygens (including phenoxy) is 2. The van der Waals surface area contributed by atoms with Crippen LogP contribution in [0.1, 0.15) is 91.1 Å². The lowest BCUT2D eigenvalue weighted by Gasteiger charge is -2.30. The van der Waals surface area contributed by atoms with Crippen molar-refractivity contribution in [2.24, 2.45) is 0 Å². The number of epoxide rings is 1. The molecule has 0 N–H and O–H groups in total. The molecule has 0 aromatic heterocycles. The topological polar surface area (TPSA) is 96.5 Å². The number of hydrogen-bond acceptors (Lipinski definition) is 6. The Balaban J connectivity index is 1.13. The highest BCUT2D eigenvalue weighted by Crippen LogP contribution is 2.48. The number of carbonyl (C=O) groups excluding carboxylic acids is 4. The van der Waals surface area contributed by atoms with Gasteiger partial charge in [0.2, 0.25) is 0 Å². The molecule has 0 spiro atoms. The largest absolute Gasteiger partial charge is 0.379 e. The fourth-order valence-corrected chi connectivity index (χ4v) is 7.80. The summed E-state index contributed by atoms with van der Waals surface area (Å²) >= 11 is 0. The molecule has 4 amide bonds. The Morgan fingerprint density at radius 1 is 0.652 bits per heavy atom. The molecule has 1 atom stereocenters. The van der Waals surface area contributed by atoms with Crippen molar-refractivity contribution < 1.29 is 28.7 Å². The number of nitrogens with zero attached hydrogens (tertiary/aromatic N) is 2. The number of benzene rings is 5. The maximum atomic E-state index is 14.0. The number of hydrogen-bond donors (Lipinski definition) is 0. The second-order valence-corrected chi connectivity index (χ2v) is 13.1. The summed E-state index contributed by atoms with van der Waals surface area (Å²) in [5.74, 6) is -1.11. The summed E-state index contributed by atoms with van der Waals surface area (Å²) in [5, 5.41) is 6.90. The molecule has 8 nitrogen and oxygen atoms in total. The van der Waals surface area contributed by atoms with Gasteiger partial charge in [0.25, 0.3) is 23.6 Å². The number of rotatable bonds is 11. The number of amides is 4. The maximum Gasteiger partial charge on any atom is 0.261 e. The van der Waals surface area contributed by atoms with Crippen LogP contribution in [-0.2, 0) is 9.47 Å².